The highest BCUT2D eigenvalue weighted by atomic mass is 16.5. The Bertz CT molecular complexity index is 1570. The number of aliphatic hydroxyl groups excluding tert-OH is 1. The number of fused-ring (bicyclic) bond motifs is 12. The first-order chi connectivity index (χ1) is 14.7. The van der Waals surface area contributed by atoms with Crippen molar-refractivity contribution < 1.29 is 14.3 Å². The number of para-hydroxylation sites is 1. The minimum absolute atomic E-state index is 0.557. The lowest BCUT2D eigenvalue weighted by molar-refractivity contribution is 0.225. The number of hydrogen-bond acceptors (Lipinski definition) is 3. The Morgan fingerprint density at radius 2 is 1.57 bits per heavy atom. The molecular weight excluding hydrogens is 372 g/mol. The van der Waals surface area contributed by atoms with Gasteiger partial charge in [0.25, 0.3) is 0 Å². The van der Waals surface area contributed by atoms with Gasteiger partial charge in [0.15, 0.2) is 0 Å². The molecule has 1 unspecified atom stereocenters. The van der Waals surface area contributed by atoms with Crippen LogP contribution in [0.25, 0.3) is 49.4 Å². The lowest BCUT2D eigenvalue weighted by Crippen LogP contribution is -2.09. The Morgan fingerprint density at radius 1 is 0.800 bits per heavy atom. The van der Waals surface area contributed by atoms with Crippen molar-refractivity contribution in [1.82, 2.24) is 0 Å². The van der Waals surface area contributed by atoms with Gasteiger partial charge in [-0.05, 0) is 47.2 Å². The second-order valence-electron chi connectivity index (χ2n) is 8.14. The summed E-state index contributed by atoms with van der Waals surface area (Å²) in [7, 11) is 0. The molecule has 1 aromatic heterocycles. The van der Waals surface area contributed by atoms with Gasteiger partial charge in [-0.2, -0.15) is 0 Å². The lowest BCUT2D eigenvalue weighted by Gasteiger charge is -2.24. The molecule has 0 saturated carbocycles. The fourth-order valence-electron chi connectivity index (χ4n) is 5.37. The third-order valence-electron chi connectivity index (χ3n) is 6.62. The molecule has 1 aliphatic carbocycles. The molecule has 0 bridgehead atoms. The van der Waals surface area contributed by atoms with Gasteiger partial charge >= 0.3 is 0 Å². The van der Waals surface area contributed by atoms with E-state index in [-0.39, 0.29) is 0 Å². The predicted molar refractivity (Wildman–Crippen MR) is 120 cm³/mol. The van der Waals surface area contributed by atoms with Gasteiger partial charge in [-0.25, -0.2) is 0 Å². The molecule has 1 aliphatic heterocycles. The molecule has 0 radical (unpaired) electrons. The van der Waals surface area contributed by atoms with E-state index in [1.165, 1.54) is 0 Å². The molecule has 5 aromatic rings. The molecule has 0 fully saturated rings. The van der Waals surface area contributed by atoms with Crippen LogP contribution in [-0.4, -0.2) is 11.7 Å². The van der Waals surface area contributed by atoms with Gasteiger partial charge < -0.3 is 14.3 Å². The zero-order chi connectivity index (χ0) is 20.0. The van der Waals surface area contributed by atoms with Crippen molar-refractivity contribution >= 4 is 38.3 Å². The zero-order valence-corrected chi connectivity index (χ0v) is 16.4. The highest BCUT2D eigenvalue weighted by Gasteiger charge is 2.37. The summed E-state index contributed by atoms with van der Waals surface area (Å²) >= 11 is 0. The smallest absolute Gasteiger partial charge is 0.135 e. The Morgan fingerprint density at radius 3 is 2.43 bits per heavy atom. The van der Waals surface area contributed by atoms with Crippen LogP contribution in [0.5, 0.6) is 5.75 Å². The van der Waals surface area contributed by atoms with Crippen LogP contribution in [0.2, 0.25) is 0 Å². The minimum Gasteiger partial charge on any atom is -0.488 e. The second kappa shape index (κ2) is 5.53. The highest BCUT2D eigenvalue weighted by molar-refractivity contribution is 6.15. The summed E-state index contributed by atoms with van der Waals surface area (Å²) in [4.78, 5) is 0. The van der Waals surface area contributed by atoms with E-state index in [4.69, 9.17) is 9.15 Å². The predicted octanol–water partition coefficient (Wildman–Crippen LogP) is 6.60. The topological polar surface area (TPSA) is 42.6 Å². The van der Waals surface area contributed by atoms with E-state index in [0.717, 1.165) is 71.9 Å². The van der Waals surface area contributed by atoms with E-state index in [2.05, 4.69) is 43.3 Å². The van der Waals surface area contributed by atoms with Crippen molar-refractivity contribution in [1.29, 1.82) is 0 Å². The SMILES string of the molecule is CC1=CCOc2c1c1c(c3ccccc23)-c2ccc3oc4ccccc4c3c2C1O. The third-order valence-corrected chi connectivity index (χ3v) is 6.62. The lowest BCUT2D eigenvalue weighted by atomic mass is 9.88. The van der Waals surface area contributed by atoms with Crippen molar-refractivity contribution in [2.75, 3.05) is 6.61 Å². The number of hydrogen-bond donors (Lipinski definition) is 1. The zero-order valence-electron chi connectivity index (χ0n) is 16.4. The van der Waals surface area contributed by atoms with Crippen LogP contribution in [0.1, 0.15) is 29.7 Å². The number of allylic oxidation sites excluding steroid dienone is 1. The largest absolute Gasteiger partial charge is 0.488 e. The fourth-order valence-corrected chi connectivity index (χ4v) is 5.37. The van der Waals surface area contributed by atoms with Crippen molar-refractivity contribution in [2.45, 2.75) is 13.0 Å². The Hall–Kier alpha value is -3.56. The first kappa shape index (κ1) is 16.3. The van der Waals surface area contributed by atoms with Crippen LogP contribution in [0.4, 0.5) is 0 Å². The molecule has 0 saturated heterocycles. The molecule has 3 heteroatoms. The maximum atomic E-state index is 11.7. The molecule has 2 heterocycles. The fraction of sp³-hybridized carbons (Fsp3) is 0.111. The average molecular weight is 390 g/mol. The Balaban J connectivity index is 1.70. The van der Waals surface area contributed by atoms with Gasteiger partial charge in [0.05, 0.1) is 0 Å². The first-order valence-electron chi connectivity index (χ1n) is 10.2. The van der Waals surface area contributed by atoms with Gasteiger partial charge in [0.1, 0.15) is 29.6 Å². The number of rotatable bonds is 0. The monoisotopic (exact) mass is 390 g/mol. The normalized spacial score (nSPS) is 17.0. The van der Waals surface area contributed by atoms with Crippen molar-refractivity contribution in [3.05, 3.63) is 83.4 Å². The summed E-state index contributed by atoms with van der Waals surface area (Å²) in [6.07, 6.45) is 1.36. The summed E-state index contributed by atoms with van der Waals surface area (Å²) in [5.74, 6) is 0.879. The molecular formula is C27H18O3. The third kappa shape index (κ3) is 1.84. The number of benzene rings is 4. The van der Waals surface area contributed by atoms with Crippen molar-refractivity contribution in [2.24, 2.45) is 0 Å². The maximum absolute atomic E-state index is 11.7. The summed E-state index contributed by atoms with van der Waals surface area (Å²) in [5, 5.41) is 16.0. The number of ether oxygens (including phenoxy) is 1. The van der Waals surface area contributed by atoms with Crippen LogP contribution >= 0.6 is 0 Å². The van der Waals surface area contributed by atoms with E-state index < -0.39 is 6.10 Å². The summed E-state index contributed by atoms with van der Waals surface area (Å²) in [6, 6.07) is 20.5. The maximum Gasteiger partial charge on any atom is 0.135 e. The minimum atomic E-state index is -0.733. The van der Waals surface area contributed by atoms with E-state index in [1.54, 1.807) is 0 Å². The van der Waals surface area contributed by atoms with Crippen molar-refractivity contribution in [3.8, 4) is 16.9 Å². The second-order valence-corrected chi connectivity index (χ2v) is 8.14. The quantitative estimate of drug-likeness (QED) is 0.324. The molecule has 4 aromatic carbocycles. The first-order valence-corrected chi connectivity index (χ1v) is 10.2. The molecule has 0 spiro atoms. The molecule has 0 amide bonds. The van der Waals surface area contributed by atoms with E-state index in [1.807, 2.05) is 30.3 Å². The van der Waals surface area contributed by atoms with Gasteiger partial charge in [-0.3, -0.25) is 0 Å². The van der Waals surface area contributed by atoms with Crippen LogP contribution in [-0.2, 0) is 0 Å². The van der Waals surface area contributed by atoms with Gasteiger partial charge in [0.2, 0.25) is 0 Å². The van der Waals surface area contributed by atoms with E-state index >= 15 is 0 Å². The summed E-state index contributed by atoms with van der Waals surface area (Å²) in [5.41, 5.74) is 7.90. The average Bonchev–Trinajstić information content (AvgIpc) is 3.29. The van der Waals surface area contributed by atoms with E-state index in [0.29, 0.717) is 6.61 Å². The molecule has 2 aliphatic rings. The molecule has 1 N–H and O–H groups in total. The highest BCUT2D eigenvalue weighted by Crippen LogP contribution is 2.56. The van der Waals surface area contributed by atoms with Gasteiger partial charge in [0, 0.05) is 32.8 Å². The molecule has 30 heavy (non-hydrogen) atoms. The van der Waals surface area contributed by atoms with Crippen molar-refractivity contribution in [3.63, 3.8) is 0 Å². The molecule has 144 valence electrons. The van der Waals surface area contributed by atoms with E-state index in [9.17, 15) is 5.11 Å². The molecule has 1 atom stereocenters. The number of furan rings is 1. The van der Waals surface area contributed by atoms with Gasteiger partial charge in [-0.1, -0.05) is 48.5 Å². The molecule has 3 nitrogen and oxygen atoms in total. The standard InChI is InChI=1S/C27H18O3/c1-14-12-13-29-27-16-7-3-2-6-15(16)22-18-10-11-20-23(17-8-4-5-9-19(17)30-20)24(18)26(28)25(22)21(14)27/h2-12,26,28H,13H2,1H3. The Labute approximate surface area is 172 Å². The number of aliphatic hydroxyl groups is 1. The summed E-state index contributed by atoms with van der Waals surface area (Å²) in [6.45, 7) is 2.66. The van der Waals surface area contributed by atoms with Crippen LogP contribution < -0.4 is 4.74 Å². The van der Waals surface area contributed by atoms with Crippen LogP contribution in [0.3, 0.4) is 0 Å². The Kier molecular flexibility index (Phi) is 3.00. The van der Waals surface area contributed by atoms with Crippen LogP contribution in [0.15, 0.2) is 71.2 Å². The van der Waals surface area contributed by atoms with Gasteiger partial charge in [-0.15, -0.1) is 0 Å². The molecule has 7 rings (SSSR count). The van der Waals surface area contributed by atoms with Crippen LogP contribution in [0, 0.1) is 0 Å². The summed E-state index contributed by atoms with van der Waals surface area (Å²) < 4.78 is 12.2.